The first-order valence-electron chi connectivity index (χ1n) is 6.47. The van der Waals surface area contributed by atoms with Gasteiger partial charge in [0.05, 0.1) is 6.04 Å². The first-order valence-corrected chi connectivity index (χ1v) is 8.14. The average molecular weight is 353 g/mol. The van der Waals surface area contributed by atoms with Crippen LogP contribution < -0.4 is 10.6 Å². The molecule has 1 aromatic heterocycles. The van der Waals surface area contributed by atoms with E-state index in [-0.39, 0.29) is 12.1 Å². The topological polar surface area (TPSA) is 41.1 Å². The lowest BCUT2D eigenvalue weighted by Gasteiger charge is -2.15. The van der Waals surface area contributed by atoms with Gasteiger partial charge in [0.15, 0.2) is 0 Å². The van der Waals surface area contributed by atoms with Gasteiger partial charge < -0.3 is 10.6 Å². The van der Waals surface area contributed by atoms with Crippen LogP contribution in [0.4, 0.5) is 4.79 Å². The Balaban J connectivity index is 1.74. The van der Waals surface area contributed by atoms with Crippen LogP contribution in [0.15, 0.2) is 46.3 Å². The van der Waals surface area contributed by atoms with Gasteiger partial charge in [-0.1, -0.05) is 34.1 Å². The second-order valence-electron chi connectivity index (χ2n) is 4.50. The Hall–Kier alpha value is -1.33. The molecule has 2 rings (SSSR count). The molecule has 1 unspecified atom stereocenters. The van der Waals surface area contributed by atoms with Crippen molar-refractivity contribution in [3.05, 3.63) is 56.7 Å². The number of thiophene rings is 1. The molecular formula is C15H17BrN2OS. The predicted molar refractivity (Wildman–Crippen MR) is 87.1 cm³/mol. The number of hydrogen-bond acceptors (Lipinski definition) is 2. The van der Waals surface area contributed by atoms with Crippen LogP contribution in [0.2, 0.25) is 0 Å². The molecule has 1 heterocycles. The monoisotopic (exact) mass is 352 g/mol. The highest BCUT2D eigenvalue weighted by Gasteiger charge is 2.08. The van der Waals surface area contributed by atoms with E-state index in [4.69, 9.17) is 0 Å². The van der Waals surface area contributed by atoms with Crippen LogP contribution in [0.5, 0.6) is 0 Å². The maximum absolute atomic E-state index is 11.8. The van der Waals surface area contributed by atoms with Crippen LogP contribution in [-0.4, -0.2) is 12.6 Å². The van der Waals surface area contributed by atoms with Gasteiger partial charge in [-0.3, -0.25) is 0 Å². The van der Waals surface area contributed by atoms with Gasteiger partial charge in [-0.05, 0) is 42.5 Å². The second kappa shape index (κ2) is 7.45. The minimum Gasteiger partial charge on any atom is -0.338 e. The maximum atomic E-state index is 11.8. The normalized spacial score (nSPS) is 11.9. The molecular weight excluding hydrogens is 336 g/mol. The Morgan fingerprint density at radius 1 is 1.30 bits per heavy atom. The Labute approximate surface area is 131 Å². The molecule has 2 amide bonds. The number of hydrogen-bond donors (Lipinski definition) is 2. The van der Waals surface area contributed by atoms with E-state index in [0.29, 0.717) is 6.54 Å². The van der Waals surface area contributed by atoms with Crippen molar-refractivity contribution in [1.82, 2.24) is 10.6 Å². The van der Waals surface area contributed by atoms with Crippen molar-refractivity contribution in [2.75, 3.05) is 6.54 Å². The molecule has 106 valence electrons. The fourth-order valence-electron chi connectivity index (χ4n) is 1.84. The summed E-state index contributed by atoms with van der Waals surface area (Å²) in [5.41, 5.74) is 1.08. The number of urea groups is 1. The molecule has 20 heavy (non-hydrogen) atoms. The third-order valence-corrected chi connectivity index (χ3v) is 4.42. The lowest BCUT2D eigenvalue weighted by atomic mass is 10.1. The van der Waals surface area contributed by atoms with Gasteiger partial charge >= 0.3 is 6.03 Å². The average Bonchev–Trinajstić information content (AvgIpc) is 2.92. The van der Waals surface area contributed by atoms with Crippen molar-refractivity contribution in [1.29, 1.82) is 0 Å². The molecule has 1 atom stereocenters. The number of benzene rings is 1. The molecule has 5 heteroatoms. The van der Waals surface area contributed by atoms with Crippen molar-refractivity contribution in [2.24, 2.45) is 0 Å². The highest BCUT2D eigenvalue weighted by atomic mass is 79.9. The van der Waals surface area contributed by atoms with E-state index in [1.807, 2.05) is 42.6 Å². The molecule has 2 aromatic rings. The number of nitrogens with one attached hydrogen (secondary N) is 2. The highest BCUT2D eigenvalue weighted by Crippen LogP contribution is 2.16. The van der Waals surface area contributed by atoms with E-state index in [9.17, 15) is 4.79 Å². The molecule has 0 aliphatic heterocycles. The number of amides is 2. The number of rotatable bonds is 5. The summed E-state index contributed by atoms with van der Waals surface area (Å²) < 4.78 is 1.04. The van der Waals surface area contributed by atoms with Gasteiger partial charge in [-0.15, -0.1) is 11.3 Å². The van der Waals surface area contributed by atoms with E-state index < -0.39 is 0 Å². The molecule has 0 spiro atoms. The summed E-state index contributed by atoms with van der Waals surface area (Å²) in [6.07, 6.45) is 0.873. The molecule has 0 aliphatic carbocycles. The second-order valence-corrected chi connectivity index (χ2v) is 6.45. The minimum absolute atomic E-state index is 0.00941. The number of halogens is 1. The zero-order valence-electron chi connectivity index (χ0n) is 11.2. The summed E-state index contributed by atoms with van der Waals surface area (Å²) in [5.74, 6) is 0. The first kappa shape index (κ1) is 15.1. The maximum Gasteiger partial charge on any atom is 0.315 e. The third kappa shape index (κ3) is 4.65. The van der Waals surface area contributed by atoms with E-state index in [1.165, 1.54) is 4.88 Å². The van der Waals surface area contributed by atoms with E-state index in [2.05, 4.69) is 32.6 Å². The summed E-state index contributed by atoms with van der Waals surface area (Å²) >= 11 is 5.11. The van der Waals surface area contributed by atoms with Crippen LogP contribution in [-0.2, 0) is 6.42 Å². The Kier molecular flexibility index (Phi) is 5.61. The van der Waals surface area contributed by atoms with Gasteiger partial charge in [0.2, 0.25) is 0 Å². The molecule has 0 radical (unpaired) electrons. The Bertz CT molecular complexity index is 540. The standard InChI is InChI=1S/C15H17BrN2OS/c1-11(12-4-6-13(16)7-5-12)18-15(19)17-9-8-14-3-2-10-20-14/h2-7,10-11H,8-9H2,1H3,(H2,17,18,19). The van der Waals surface area contributed by atoms with Gasteiger partial charge in [0.1, 0.15) is 0 Å². The first-order chi connectivity index (χ1) is 9.65. The molecule has 0 saturated carbocycles. The van der Waals surface area contributed by atoms with Crippen molar-refractivity contribution >= 4 is 33.3 Å². The summed E-state index contributed by atoms with van der Waals surface area (Å²) in [5, 5.41) is 7.86. The molecule has 3 nitrogen and oxygen atoms in total. The van der Waals surface area contributed by atoms with Gasteiger partial charge in [-0.25, -0.2) is 4.79 Å². The van der Waals surface area contributed by atoms with Crippen LogP contribution in [0, 0.1) is 0 Å². The SMILES string of the molecule is CC(NC(=O)NCCc1cccs1)c1ccc(Br)cc1. The van der Waals surface area contributed by atoms with Crippen molar-refractivity contribution < 1.29 is 4.79 Å². The minimum atomic E-state index is -0.128. The number of carbonyl (C=O) groups is 1. The molecule has 0 aliphatic rings. The van der Waals surface area contributed by atoms with Crippen molar-refractivity contribution in [3.63, 3.8) is 0 Å². The van der Waals surface area contributed by atoms with Crippen molar-refractivity contribution in [2.45, 2.75) is 19.4 Å². The van der Waals surface area contributed by atoms with Gasteiger partial charge in [0.25, 0.3) is 0 Å². The van der Waals surface area contributed by atoms with Gasteiger partial charge in [0, 0.05) is 15.9 Å². The lowest BCUT2D eigenvalue weighted by molar-refractivity contribution is 0.238. The Morgan fingerprint density at radius 3 is 2.70 bits per heavy atom. The highest BCUT2D eigenvalue weighted by molar-refractivity contribution is 9.10. The van der Waals surface area contributed by atoms with E-state index >= 15 is 0 Å². The lowest BCUT2D eigenvalue weighted by Crippen LogP contribution is -2.37. The quantitative estimate of drug-likeness (QED) is 0.834. The molecule has 1 aromatic carbocycles. The zero-order chi connectivity index (χ0) is 14.4. The summed E-state index contributed by atoms with van der Waals surface area (Å²) in [6, 6.07) is 11.9. The third-order valence-electron chi connectivity index (χ3n) is 2.95. The fourth-order valence-corrected chi connectivity index (χ4v) is 2.81. The molecule has 0 saturated heterocycles. The van der Waals surface area contributed by atoms with Crippen LogP contribution in [0.25, 0.3) is 0 Å². The van der Waals surface area contributed by atoms with E-state index in [0.717, 1.165) is 16.5 Å². The molecule has 2 N–H and O–H groups in total. The van der Waals surface area contributed by atoms with Crippen molar-refractivity contribution in [3.8, 4) is 0 Å². The Morgan fingerprint density at radius 2 is 2.05 bits per heavy atom. The van der Waals surface area contributed by atoms with Crippen LogP contribution in [0.1, 0.15) is 23.4 Å². The molecule has 0 bridgehead atoms. The largest absolute Gasteiger partial charge is 0.338 e. The summed E-state index contributed by atoms with van der Waals surface area (Å²) in [6.45, 7) is 2.63. The van der Waals surface area contributed by atoms with Crippen LogP contribution in [0.3, 0.4) is 0 Å². The predicted octanol–water partition coefficient (Wildman–Crippen LogP) is 4.11. The van der Waals surface area contributed by atoms with E-state index in [1.54, 1.807) is 11.3 Å². The fraction of sp³-hybridized carbons (Fsp3) is 0.267. The summed E-state index contributed by atoms with van der Waals surface area (Å²) in [7, 11) is 0. The molecule has 0 fully saturated rings. The van der Waals surface area contributed by atoms with Gasteiger partial charge in [-0.2, -0.15) is 0 Å². The number of carbonyl (C=O) groups excluding carboxylic acids is 1. The van der Waals surface area contributed by atoms with Crippen LogP contribution >= 0.6 is 27.3 Å². The smallest absolute Gasteiger partial charge is 0.315 e. The summed E-state index contributed by atoms with van der Waals surface area (Å²) in [4.78, 5) is 13.1. The zero-order valence-corrected chi connectivity index (χ0v) is 13.6.